The van der Waals surface area contributed by atoms with E-state index in [1.54, 1.807) is 19.4 Å². The number of aromatic nitrogens is 1. The highest BCUT2D eigenvalue weighted by Crippen LogP contribution is 2.36. The molecule has 6 heteroatoms. The van der Waals surface area contributed by atoms with Crippen LogP contribution < -0.4 is 4.74 Å². The van der Waals surface area contributed by atoms with E-state index in [2.05, 4.69) is 41.1 Å². The molecular weight excluding hydrogens is 479 g/mol. The summed E-state index contributed by atoms with van der Waals surface area (Å²) in [6, 6.07) is 15.9. The summed E-state index contributed by atoms with van der Waals surface area (Å²) in [5.41, 5.74) is 4.17. The van der Waals surface area contributed by atoms with Gasteiger partial charge in [0.15, 0.2) is 0 Å². The van der Waals surface area contributed by atoms with E-state index in [-0.39, 0.29) is 18.3 Å². The zero-order valence-electron chi connectivity index (χ0n) is 22.7. The minimum absolute atomic E-state index is 0.0645. The van der Waals surface area contributed by atoms with E-state index >= 15 is 4.39 Å². The molecule has 1 saturated heterocycles. The number of alkyl halides is 1. The van der Waals surface area contributed by atoms with Crippen molar-refractivity contribution in [1.82, 2.24) is 9.88 Å². The highest BCUT2D eigenvalue weighted by atomic mass is 19.1. The van der Waals surface area contributed by atoms with Crippen molar-refractivity contribution in [2.24, 2.45) is 11.8 Å². The quantitative estimate of drug-likeness (QED) is 0.242. The van der Waals surface area contributed by atoms with Crippen molar-refractivity contribution in [1.29, 1.82) is 0 Å². The first kappa shape index (κ1) is 28.0. The van der Waals surface area contributed by atoms with Crippen LogP contribution in [0.2, 0.25) is 0 Å². The first-order chi connectivity index (χ1) is 18.4. The molecule has 0 bridgehead atoms. The Kier molecular flexibility index (Phi) is 10.1. The molecule has 1 N–H and O–H groups in total. The predicted octanol–water partition coefficient (Wildman–Crippen LogP) is 7.17. The maximum Gasteiger partial charge on any atom is 0.303 e. The summed E-state index contributed by atoms with van der Waals surface area (Å²) in [7, 11) is 1.60. The van der Waals surface area contributed by atoms with Crippen LogP contribution in [0.5, 0.6) is 5.75 Å². The van der Waals surface area contributed by atoms with Gasteiger partial charge in [-0.3, -0.25) is 9.78 Å². The van der Waals surface area contributed by atoms with Crippen LogP contribution in [-0.4, -0.2) is 47.7 Å². The van der Waals surface area contributed by atoms with Gasteiger partial charge in [0.25, 0.3) is 0 Å². The van der Waals surface area contributed by atoms with Gasteiger partial charge in [-0.15, -0.1) is 0 Å². The highest BCUT2D eigenvalue weighted by molar-refractivity contribution is 5.83. The molecule has 1 aromatic heterocycles. The fourth-order valence-electron chi connectivity index (χ4n) is 5.98. The number of rotatable bonds is 13. The maximum absolute atomic E-state index is 15.5. The van der Waals surface area contributed by atoms with Crippen LogP contribution in [0.15, 0.2) is 54.7 Å². The second-order valence-corrected chi connectivity index (χ2v) is 10.8. The van der Waals surface area contributed by atoms with Crippen molar-refractivity contribution in [2.45, 2.75) is 64.5 Å². The number of carboxylic acids is 1. The number of nitrogens with zero attached hydrogens (tertiary/aromatic N) is 2. The van der Waals surface area contributed by atoms with Gasteiger partial charge in [-0.25, -0.2) is 4.39 Å². The summed E-state index contributed by atoms with van der Waals surface area (Å²) in [6.45, 7) is 4.93. The number of unbranched alkanes of at least 4 members (excludes halogenated alkanes) is 2. The minimum Gasteiger partial charge on any atom is -0.497 e. The lowest BCUT2D eigenvalue weighted by Gasteiger charge is -2.38. The molecule has 0 unspecified atom stereocenters. The van der Waals surface area contributed by atoms with Crippen LogP contribution in [0.3, 0.4) is 0 Å². The zero-order chi connectivity index (χ0) is 26.9. The molecule has 0 spiro atoms. The Morgan fingerprint density at radius 1 is 1.16 bits per heavy atom. The van der Waals surface area contributed by atoms with E-state index in [1.807, 2.05) is 18.2 Å². The van der Waals surface area contributed by atoms with Crippen molar-refractivity contribution in [3.8, 4) is 5.75 Å². The van der Waals surface area contributed by atoms with Crippen LogP contribution in [0.4, 0.5) is 4.39 Å². The van der Waals surface area contributed by atoms with E-state index in [9.17, 15) is 9.90 Å². The first-order valence-electron chi connectivity index (χ1n) is 14.0. The Morgan fingerprint density at radius 3 is 2.79 bits per heavy atom. The number of hydrogen-bond acceptors (Lipinski definition) is 4. The molecule has 4 rings (SSSR count). The molecule has 0 saturated carbocycles. The number of benzene rings is 2. The molecule has 2 heterocycles. The normalized spacial score (nSPS) is 18.9. The monoisotopic (exact) mass is 520 g/mol. The highest BCUT2D eigenvalue weighted by Gasteiger charge is 2.31. The summed E-state index contributed by atoms with van der Waals surface area (Å²) >= 11 is 0. The van der Waals surface area contributed by atoms with Crippen LogP contribution in [0, 0.1) is 18.8 Å². The third kappa shape index (κ3) is 7.53. The lowest BCUT2D eigenvalue weighted by Crippen LogP contribution is -2.41. The Labute approximate surface area is 226 Å². The molecule has 204 valence electrons. The van der Waals surface area contributed by atoms with Gasteiger partial charge < -0.3 is 14.7 Å². The van der Waals surface area contributed by atoms with Crippen molar-refractivity contribution in [3.05, 3.63) is 71.4 Å². The molecule has 0 aliphatic carbocycles. The van der Waals surface area contributed by atoms with Crippen LogP contribution >= 0.6 is 0 Å². The van der Waals surface area contributed by atoms with E-state index in [0.29, 0.717) is 24.2 Å². The van der Waals surface area contributed by atoms with Crippen LogP contribution in [0.1, 0.15) is 67.8 Å². The number of fused-ring (bicyclic) bond motifs is 1. The maximum atomic E-state index is 15.5. The summed E-state index contributed by atoms with van der Waals surface area (Å²) in [5, 5.41) is 10.3. The molecule has 1 fully saturated rings. The summed E-state index contributed by atoms with van der Waals surface area (Å²) in [4.78, 5) is 18.4. The average Bonchev–Trinajstić information content (AvgIpc) is 2.92. The Bertz CT molecular complexity index is 1200. The molecule has 0 radical (unpaired) electrons. The molecule has 0 amide bonds. The SMILES string of the molecule is COc1ccc2nccc([C@@H](F)CC[C@@H]3CCN(CCCCCc4ccccc4C)C[C@@H]3CC(=O)O)c2c1. The van der Waals surface area contributed by atoms with E-state index in [4.69, 9.17) is 4.74 Å². The van der Waals surface area contributed by atoms with E-state index in [0.717, 1.165) is 49.8 Å². The first-order valence-corrected chi connectivity index (χ1v) is 14.0. The molecule has 5 nitrogen and oxygen atoms in total. The molecular formula is C32H41FN2O3. The van der Waals surface area contributed by atoms with Crippen molar-refractivity contribution >= 4 is 16.9 Å². The van der Waals surface area contributed by atoms with Crippen molar-refractivity contribution in [3.63, 3.8) is 0 Å². The van der Waals surface area contributed by atoms with Gasteiger partial charge in [-0.05, 0) is 111 Å². The smallest absolute Gasteiger partial charge is 0.303 e. The fourth-order valence-corrected chi connectivity index (χ4v) is 5.98. The van der Waals surface area contributed by atoms with Gasteiger partial charge in [0.05, 0.1) is 12.6 Å². The lowest BCUT2D eigenvalue weighted by molar-refractivity contribution is -0.139. The van der Waals surface area contributed by atoms with Gasteiger partial charge in [-0.1, -0.05) is 30.7 Å². The van der Waals surface area contributed by atoms with Gasteiger partial charge in [-0.2, -0.15) is 0 Å². The number of carbonyl (C=O) groups is 1. The van der Waals surface area contributed by atoms with Gasteiger partial charge in [0.1, 0.15) is 11.9 Å². The second-order valence-electron chi connectivity index (χ2n) is 10.8. The van der Waals surface area contributed by atoms with Gasteiger partial charge >= 0.3 is 5.97 Å². The number of pyridine rings is 1. The average molecular weight is 521 g/mol. The number of methoxy groups -OCH3 is 1. The molecule has 38 heavy (non-hydrogen) atoms. The number of ether oxygens (including phenoxy) is 1. The van der Waals surface area contributed by atoms with E-state index < -0.39 is 12.1 Å². The van der Waals surface area contributed by atoms with Crippen molar-refractivity contribution in [2.75, 3.05) is 26.7 Å². The molecule has 1 aliphatic heterocycles. The number of hydrogen-bond donors (Lipinski definition) is 1. The van der Waals surface area contributed by atoms with Gasteiger partial charge in [0, 0.05) is 24.5 Å². The topological polar surface area (TPSA) is 62.7 Å². The third-order valence-corrected chi connectivity index (χ3v) is 8.20. The second kappa shape index (κ2) is 13.7. The third-order valence-electron chi connectivity index (χ3n) is 8.20. The number of carboxylic acid groups (broad SMARTS) is 1. The van der Waals surface area contributed by atoms with Crippen LogP contribution in [0.25, 0.3) is 10.9 Å². The number of likely N-dealkylation sites (tertiary alicyclic amines) is 1. The molecule has 1 aliphatic rings. The van der Waals surface area contributed by atoms with Crippen molar-refractivity contribution < 1.29 is 19.0 Å². The van der Waals surface area contributed by atoms with Crippen LogP contribution in [-0.2, 0) is 11.2 Å². The fraction of sp³-hybridized carbons (Fsp3) is 0.500. The minimum atomic E-state index is -1.12. The lowest BCUT2D eigenvalue weighted by atomic mass is 9.79. The molecule has 3 aromatic rings. The summed E-state index contributed by atoms with van der Waals surface area (Å²) < 4.78 is 20.8. The largest absolute Gasteiger partial charge is 0.497 e. The number of aryl methyl sites for hydroxylation is 2. The summed E-state index contributed by atoms with van der Waals surface area (Å²) in [5.74, 6) is 0.214. The number of aliphatic carboxylic acids is 1. The Morgan fingerprint density at radius 2 is 2.00 bits per heavy atom. The molecule has 2 aromatic carbocycles. The Hall–Kier alpha value is -2.99. The zero-order valence-corrected chi connectivity index (χ0v) is 22.7. The Balaban J connectivity index is 1.28. The number of halogens is 1. The predicted molar refractivity (Wildman–Crippen MR) is 150 cm³/mol. The standard InChI is InChI=1S/C32H41FN2O3/c1-23-8-5-6-10-24(23)9-4-3-7-18-35-19-16-25(26(22-35)20-32(36)37)11-13-30(33)28-15-17-34-31-14-12-27(38-2)21-29(28)31/h5-6,8,10,12,14-15,17,21,25-26,30H,3-4,7,9,11,13,16,18-20,22H2,1-2H3,(H,36,37)/t25-,26+,30+/m1/s1. The number of piperidine rings is 1. The summed E-state index contributed by atoms with van der Waals surface area (Å²) in [6.07, 6.45) is 7.28. The van der Waals surface area contributed by atoms with Gasteiger partial charge in [0.2, 0.25) is 0 Å². The molecule has 3 atom stereocenters. The van der Waals surface area contributed by atoms with E-state index in [1.165, 1.54) is 24.0 Å².